The van der Waals surface area contributed by atoms with Crippen molar-refractivity contribution in [3.8, 4) is 0 Å². The van der Waals surface area contributed by atoms with E-state index in [1.54, 1.807) is 18.7 Å². The van der Waals surface area contributed by atoms with Crippen LogP contribution in [0.25, 0.3) is 0 Å². The summed E-state index contributed by atoms with van der Waals surface area (Å²) in [6, 6.07) is 0. The summed E-state index contributed by atoms with van der Waals surface area (Å²) in [6.45, 7) is 1.61. The van der Waals surface area contributed by atoms with E-state index in [0.29, 0.717) is 4.16 Å². The van der Waals surface area contributed by atoms with Crippen LogP contribution in [0.5, 0.6) is 0 Å². The lowest BCUT2D eigenvalue weighted by molar-refractivity contribution is -0.113. The van der Waals surface area contributed by atoms with Gasteiger partial charge in [0.2, 0.25) is 0 Å². The largest absolute Gasteiger partial charge is 0.295 e. The van der Waals surface area contributed by atoms with Crippen molar-refractivity contribution in [2.45, 2.75) is 17.5 Å². The number of allylic oxidation sites excluding steroid dienone is 1. The van der Waals surface area contributed by atoms with E-state index in [9.17, 15) is 4.79 Å². The van der Waals surface area contributed by atoms with Crippen LogP contribution < -0.4 is 0 Å². The van der Waals surface area contributed by atoms with Gasteiger partial charge in [-0.1, -0.05) is 15.9 Å². The molecule has 0 aromatic carbocycles. The van der Waals surface area contributed by atoms with Crippen molar-refractivity contribution in [1.29, 1.82) is 0 Å². The lowest BCUT2D eigenvalue weighted by Crippen LogP contribution is -1.95. The van der Waals surface area contributed by atoms with Crippen LogP contribution in [0.3, 0.4) is 0 Å². The molecule has 1 aliphatic rings. The highest BCUT2D eigenvalue weighted by molar-refractivity contribution is 9.11. The molecule has 1 rings (SSSR count). The normalized spacial score (nSPS) is 26.0. The zero-order chi connectivity index (χ0) is 6.85. The van der Waals surface area contributed by atoms with Crippen molar-refractivity contribution in [1.82, 2.24) is 0 Å². The predicted molar refractivity (Wildman–Crippen MR) is 43.7 cm³/mol. The van der Waals surface area contributed by atoms with Gasteiger partial charge in [0, 0.05) is 5.57 Å². The minimum absolute atomic E-state index is 0.199. The molecule has 0 saturated carbocycles. The number of hydrogen-bond acceptors (Lipinski definition) is 2. The number of Topliss-reactive ketones (excluding diaryl/α,β-unsaturated/α-hetero) is 1. The molecule has 0 spiro atoms. The molecule has 0 radical (unpaired) electrons. The van der Waals surface area contributed by atoms with Crippen LogP contribution in [0.1, 0.15) is 13.3 Å². The summed E-state index contributed by atoms with van der Waals surface area (Å²) in [5, 5.41) is 1.93. The molecule has 0 bridgehead atoms. The lowest BCUT2D eigenvalue weighted by atomic mass is 10.2. The Balaban J connectivity index is 2.55. The van der Waals surface area contributed by atoms with Crippen molar-refractivity contribution in [2.24, 2.45) is 0 Å². The van der Waals surface area contributed by atoms with E-state index in [4.69, 9.17) is 0 Å². The van der Waals surface area contributed by atoms with E-state index in [2.05, 4.69) is 15.9 Å². The fraction of sp³-hybridized carbons (Fsp3) is 0.500. The van der Waals surface area contributed by atoms with E-state index in [0.717, 1.165) is 12.0 Å². The van der Waals surface area contributed by atoms with Gasteiger partial charge in [0.05, 0.1) is 4.16 Å². The Morgan fingerprint density at radius 3 is 2.89 bits per heavy atom. The summed E-state index contributed by atoms with van der Waals surface area (Å²) in [5.74, 6) is 0.199. The number of ketones is 1. The van der Waals surface area contributed by atoms with E-state index < -0.39 is 0 Å². The Bertz CT molecular complexity index is 164. The second kappa shape index (κ2) is 2.88. The first-order valence-corrected chi connectivity index (χ1v) is 4.55. The monoisotopic (exact) mass is 206 g/mol. The minimum atomic E-state index is 0.199. The van der Waals surface area contributed by atoms with Gasteiger partial charge in [0.1, 0.15) is 0 Å². The summed E-state index contributed by atoms with van der Waals surface area (Å²) in [7, 11) is 0. The van der Waals surface area contributed by atoms with E-state index >= 15 is 0 Å². The summed E-state index contributed by atoms with van der Waals surface area (Å²) in [6.07, 6.45) is 0.875. The maximum Gasteiger partial charge on any atom is 0.156 e. The lowest BCUT2D eigenvalue weighted by Gasteiger charge is -1.94. The zero-order valence-electron chi connectivity index (χ0n) is 5.06. The maximum absolute atomic E-state index is 10.7. The molecule has 0 saturated heterocycles. The van der Waals surface area contributed by atoms with Gasteiger partial charge in [0.15, 0.2) is 5.78 Å². The van der Waals surface area contributed by atoms with Gasteiger partial charge in [-0.3, -0.25) is 4.79 Å². The molecule has 1 aliphatic heterocycles. The van der Waals surface area contributed by atoms with Crippen LogP contribution in [0, 0.1) is 0 Å². The molecule has 0 aromatic rings. The molecule has 0 aliphatic carbocycles. The minimum Gasteiger partial charge on any atom is -0.295 e. The fourth-order valence-corrected chi connectivity index (χ4v) is 2.17. The van der Waals surface area contributed by atoms with Crippen LogP contribution >= 0.6 is 27.7 Å². The van der Waals surface area contributed by atoms with Crippen molar-refractivity contribution in [2.75, 3.05) is 0 Å². The zero-order valence-corrected chi connectivity index (χ0v) is 7.46. The summed E-state index contributed by atoms with van der Waals surface area (Å²) >= 11 is 5.07. The van der Waals surface area contributed by atoms with E-state index in [1.807, 2.05) is 5.41 Å². The van der Waals surface area contributed by atoms with Gasteiger partial charge in [-0.25, -0.2) is 0 Å². The Morgan fingerprint density at radius 2 is 2.67 bits per heavy atom. The third-order valence-corrected chi connectivity index (χ3v) is 3.04. The molecule has 0 fully saturated rings. The highest BCUT2D eigenvalue weighted by Gasteiger charge is 2.16. The van der Waals surface area contributed by atoms with Crippen LogP contribution in [0.15, 0.2) is 11.0 Å². The number of carbonyl (C=O) groups excluding carboxylic acids is 1. The van der Waals surface area contributed by atoms with Gasteiger partial charge in [0.25, 0.3) is 0 Å². The SMILES string of the molecule is CC(=O)C1=CSC(Br)C1. The first kappa shape index (κ1) is 7.35. The first-order valence-electron chi connectivity index (χ1n) is 2.69. The predicted octanol–water partition coefficient (Wildman–Crippen LogP) is 2.32. The second-order valence-corrected chi connectivity index (χ2v) is 4.74. The van der Waals surface area contributed by atoms with Crippen LogP contribution in [-0.4, -0.2) is 9.94 Å². The molecular formula is C6H7BrOS. The van der Waals surface area contributed by atoms with Gasteiger partial charge in [-0.15, -0.1) is 11.8 Å². The molecule has 1 atom stereocenters. The number of halogens is 1. The summed E-state index contributed by atoms with van der Waals surface area (Å²) < 4.78 is 0.427. The smallest absolute Gasteiger partial charge is 0.156 e. The summed E-state index contributed by atoms with van der Waals surface area (Å²) in [4.78, 5) is 10.7. The Morgan fingerprint density at radius 1 is 2.00 bits per heavy atom. The average Bonchev–Trinajstić information content (AvgIpc) is 2.14. The number of hydrogen-bond donors (Lipinski definition) is 0. The van der Waals surface area contributed by atoms with Gasteiger partial charge >= 0.3 is 0 Å². The molecule has 0 N–H and O–H groups in total. The van der Waals surface area contributed by atoms with E-state index in [1.165, 1.54) is 0 Å². The number of thioether (sulfide) groups is 1. The van der Waals surface area contributed by atoms with Crippen molar-refractivity contribution >= 4 is 33.5 Å². The van der Waals surface area contributed by atoms with Gasteiger partial charge < -0.3 is 0 Å². The average molecular weight is 207 g/mol. The maximum atomic E-state index is 10.7. The fourth-order valence-electron chi connectivity index (χ4n) is 0.652. The Hall–Kier alpha value is 0.240. The third kappa shape index (κ3) is 1.83. The third-order valence-electron chi connectivity index (χ3n) is 1.19. The van der Waals surface area contributed by atoms with E-state index in [-0.39, 0.29) is 5.78 Å². The number of carbonyl (C=O) groups is 1. The molecule has 50 valence electrons. The second-order valence-electron chi connectivity index (χ2n) is 1.95. The van der Waals surface area contributed by atoms with Crippen LogP contribution in [0.2, 0.25) is 0 Å². The standard InChI is InChI=1S/C6H7BrOS/c1-4(8)5-2-6(7)9-3-5/h3,6H,2H2,1H3. The highest BCUT2D eigenvalue weighted by Crippen LogP contribution is 2.33. The molecule has 1 heterocycles. The van der Waals surface area contributed by atoms with Crippen LogP contribution in [0.4, 0.5) is 0 Å². The highest BCUT2D eigenvalue weighted by atomic mass is 79.9. The van der Waals surface area contributed by atoms with Crippen molar-refractivity contribution in [3.05, 3.63) is 11.0 Å². The Labute approximate surface area is 67.0 Å². The Kier molecular flexibility index (Phi) is 2.35. The summed E-state index contributed by atoms with van der Waals surface area (Å²) in [5.41, 5.74) is 0.946. The quantitative estimate of drug-likeness (QED) is 0.613. The molecular weight excluding hydrogens is 200 g/mol. The molecule has 9 heavy (non-hydrogen) atoms. The number of rotatable bonds is 1. The molecule has 1 unspecified atom stereocenters. The van der Waals surface area contributed by atoms with Crippen LogP contribution in [-0.2, 0) is 4.79 Å². The molecule has 1 nitrogen and oxygen atoms in total. The van der Waals surface area contributed by atoms with Crippen molar-refractivity contribution < 1.29 is 4.79 Å². The first-order chi connectivity index (χ1) is 4.20. The van der Waals surface area contributed by atoms with Gasteiger partial charge in [-0.05, 0) is 18.8 Å². The molecule has 0 aromatic heterocycles. The molecule has 3 heteroatoms. The molecule has 0 amide bonds. The number of alkyl halides is 1. The van der Waals surface area contributed by atoms with Gasteiger partial charge in [-0.2, -0.15) is 0 Å². The topological polar surface area (TPSA) is 17.1 Å². The van der Waals surface area contributed by atoms with Crippen molar-refractivity contribution in [3.63, 3.8) is 0 Å².